The first-order valence-corrected chi connectivity index (χ1v) is 6.14. The molecule has 0 spiro atoms. The lowest BCUT2D eigenvalue weighted by atomic mass is 10.1. The van der Waals surface area contributed by atoms with Gasteiger partial charge in [-0.15, -0.1) is 11.8 Å². The number of aliphatic hydroxyl groups excluding tert-OH is 1. The summed E-state index contributed by atoms with van der Waals surface area (Å²) in [5, 5.41) is 9.59. The molecular formula is C11H9F3OS2. The van der Waals surface area contributed by atoms with Crippen molar-refractivity contribution in [3.8, 4) is 0 Å². The first-order chi connectivity index (χ1) is 7.84. The molecule has 0 fully saturated rings. The number of alkyl halides is 3. The largest absolute Gasteiger partial charge is 0.507 e. The van der Waals surface area contributed by atoms with Crippen LogP contribution in [0.15, 0.2) is 30.3 Å². The molecule has 1 N–H and O–H groups in total. The molecule has 0 bridgehead atoms. The Morgan fingerprint density at radius 3 is 2.24 bits per heavy atom. The van der Waals surface area contributed by atoms with Crippen molar-refractivity contribution in [2.24, 2.45) is 0 Å². The molecule has 1 aromatic carbocycles. The lowest BCUT2D eigenvalue weighted by Gasteiger charge is -2.07. The van der Waals surface area contributed by atoms with Gasteiger partial charge in [0.2, 0.25) is 0 Å². The van der Waals surface area contributed by atoms with Crippen molar-refractivity contribution in [3.05, 3.63) is 41.5 Å². The predicted molar refractivity (Wildman–Crippen MR) is 68.2 cm³/mol. The standard InChI is InChI=1S/C11H9F3OS2/c1-17-10(16)6-9(15)7-2-4-8(5-3-7)11(12,13)14/h2-6,15H,1H3/b9-6-. The summed E-state index contributed by atoms with van der Waals surface area (Å²) in [7, 11) is 0. The van der Waals surface area contributed by atoms with Crippen molar-refractivity contribution in [3.63, 3.8) is 0 Å². The Balaban J connectivity index is 2.96. The van der Waals surface area contributed by atoms with Gasteiger partial charge in [0.15, 0.2) is 0 Å². The van der Waals surface area contributed by atoms with E-state index in [-0.39, 0.29) is 5.76 Å². The van der Waals surface area contributed by atoms with Crippen LogP contribution in [0, 0.1) is 0 Å². The minimum atomic E-state index is -4.37. The van der Waals surface area contributed by atoms with Gasteiger partial charge in [-0.1, -0.05) is 24.4 Å². The molecular weight excluding hydrogens is 269 g/mol. The van der Waals surface area contributed by atoms with Gasteiger partial charge in [0.1, 0.15) is 5.76 Å². The summed E-state index contributed by atoms with van der Waals surface area (Å²) < 4.78 is 37.3. The molecule has 1 aromatic rings. The van der Waals surface area contributed by atoms with Crippen LogP contribution in [0.3, 0.4) is 0 Å². The maximum Gasteiger partial charge on any atom is 0.416 e. The van der Waals surface area contributed by atoms with Crippen molar-refractivity contribution >= 4 is 33.9 Å². The average molecular weight is 278 g/mol. The van der Waals surface area contributed by atoms with Gasteiger partial charge in [-0.05, 0) is 18.4 Å². The van der Waals surface area contributed by atoms with Gasteiger partial charge in [0.05, 0.1) is 9.76 Å². The van der Waals surface area contributed by atoms with E-state index in [0.29, 0.717) is 9.76 Å². The monoisotopic (exact) mass is 278 g/mol. The lowest BCUT2D eigenvalue weighted by Crippen LogP contribution is -2.04. The number of hydrogen-bond donors (Lipinski definition) is 1. The highest BCUT2D eigenvalue weighted by Gasteiger charge is 2.29. The Morgan fingerprint density at radius 1 is 1.29 bits per heavy atom. The van der Waals surface area contributed by atoms with Crippen molar-refractivity contribution in [2.45, 2.75) is 6.18 Å². The SMILES string of the molecule is CSC(=S)/C=C(\O)c1ccc(C(F)(F)F)cc1. The first-order valence-electron chi connectivity index (χ1n) is 4.51. The minimum absolute atomic E-state index is 0.141. The molecule has 0 aromatic heterocycles. The zero-order chi connectivity index (χ0) is 13.1. The number of benzene rings is 1. The Bertz CT molecular complexity index is 435. The fraction of sp³-hybridized carbons (Fsp3) is 0.182. The predicted octanol–water partition coefficient (Wildman–Crippen LogP) is 4.29. The maximum atomic E-state index is 12.3. The molecule has 0 aliphatic heterocycles. The van der Waals surface area contributed by atoms with Gasteiger partial charge in [0.25, 0.3) is 0 Å². The quantitative estimate of drug-likeness (QED) is 0.495. The van der Waals surface area contributed by atoms with E-state index in [1.807, 2.05) is 0 Å². The molecule has 0 atom stereocenters. The van der Waals surface area contributed by atoms with Gasteiger partial charge in [-0.3, -0.25) is 0 Å². The molecule has 0 amide bonds. The Labute approximate surface area is 106 Å². The van der Waals surface area contributed by atoms with Crippen LogP contribution in [0.25, 0.3) is 5.76 Å². The van der Waals surface area contributed by atoms with Crippen LogP contribution >= 0.6 is 24.0 Å². The van der Waals surface area contributed by atoms with Crippen LogP contribution in [0.2, 0.25) is 0 Å². The third kappa shape index (κ3) is 4.05. The van der Waals surface area contributed by atoms with E-state index >= 15 is 0 Å². The summed E-state index contributed by atoms with van der Waals surface area (Å²) in [5.74, 6) is -0.141. The molecule has 0 radical (unpaired) electrons. The molecule has 17 heavy (non-hydrogen) atoms. The number of thioether (sulfide) groups is 1. The van der Waals surface area contributed by atoms with E-state index in [4.69, 9.17) is 12.2 Å². The van der Waals surface area contributed by atoms with Gasteiger partial charge in [-0.2, -0.15) is 13.2 Å². The average Bonchev–Trinajstić information content (AvgIpc) is 2.27. The van der Waals surface area contributed by atoms with Crippen LogP contribution in [-0.4, -0.2) is 15.6 Å². The summed E-state index contributed by atoms with van der Waals surface area (Å²) in [4.78, 5) is 0. The Morgan fingerprint density at radius 2 is 1.82 bits per heavy atom. The van der Waals surface area contributed by atoms with E-state index in [1.165, 1.54) is 30.0 Å². The Kier molecular flexibility index (Phi) is 4.59. The third-order valence-electron chi connectivity index (χ3n) is 1.96. The van der Waals surface area contributed by atoms with E-state index < -0.39 is 11.7 Å². The lowest BCUT2D eigenvalue weighted by molar-refractivity contribution is -0.137. The molecule has 1 rings (SSSR count). The van der Waals surface area contributed by atoms with E-state index in [2.05, 4.69) is 0 Å². The fourth-order valence-corrected chi connectivity index (χ4v) is 1.42. The van der Waals surface area contributed by atoms with E-state index in [9.17, 15) is 18.3 Å². The summed E-state index contributed by atoms with van der Waals surface area (Å²) in [6, 6.07) is 4.25. The molecule has 0 saturated heterocycles. The molecule has 0 heterocycles. The van der Waals surface area contributed by atoms with Crippen LogP contribution < -0.4 is 0 Å². The molecule has 92 valence electrons. The second-order valence-corrected chi connectivity index (χ2v) is 4.67. The highest BCUT2D eigenvalue weighted by Crippen LogP contribution is 2.29. The zero-order valence-corrected chi connectivity index (χ0v) is 10.4. The summed E-state index contributed by atoms with van der Waals surface area (Å²) in [5.41, 5.74) is -0.448. The van der Waals surface area contributed by atoms with E-state index in [0.717, 1.165) is 12.1 Å². The smallest absolute Gasteiger partial charge is 0.416 e. The van der Waals surface area contributed by atoms with Gasteiger partial charge < -0.3 is 5.11 Å². The molecule has 0 saturated carbocycles. The van der Waals surface area contributed by atoms with Crippen molar-refractivity contribution in [1.82, 2.24) is 0 Å². The maximum absolute atomic E-state index is 12.3. The number of halogens is 3. The summed E-state index contributed by atoms with van der Waals surface area (Å²) in [6.45, 7) is 0. The second-order valence-electron chi connectivity index (χ2n) is 3.13. The molecule has 0 aliphatic carbocycles. The molecule has 0 unspecified atom stereocenters. The number of hydrogen-bond acceptors (Lipinski definition) is 3. The second kappa shape index (κ2) is 5.55. The zero-order valence-electron chi connectivity index (χ0n) is 8.78. The highest BCUT2D eigenvalue weighted by molar-refractivity contribution is 8.23. The van der Waals surface area contributed by atoms with Crippen molar-refractivity contribution in [1.29, 1.82) is 0 Å². The van der Waals surface area contributed by atoms with Crippen molar-refractivity contribution in [2.75, 3.05) is 6.26 Å². The van der Waals surface area contributed by atoms with Gasteiger partial charge >= 0.3 is 6.18 Å². The highest BCUT2D eigenvalue weighted by atomic mass is 32.2. The first kappa shape index (κ1) is 14.1. The number of aliphatic hydroxyl groups is 1. The summed E-state index contributed by atoms with van der Waals surface area (Å²) >= 11 is 6.13. The van der Waals surface area contributed by atoms with Gasteiger partial charge in [0, 0.05) is 11.6 Å². The molecule has 0 aliphatic rings. The fourth-order valence-electron chi connectivity index (χ4n) is 1.08. The Hall–Kier alpha value is -1.01. The molecule has 1 nitrogen and oxygen atoms in total. The topological polar surface area (TPSA) is 20.2 Å². The van der Waals surface area contributed by atoms with Crippen LogP contribution in [0.5, 0.6) is 0 Å². The normalized spacial score (nSPS) is 12.6. The molecule has 6 heteroatoms. The number of rotatable bonds is 2. The summed E-state index contributed by atoms with van der Waals surface area (Å²) in [6.07, 6.45) is -1.28. The van der Waals surface area contributed by atoms with Crippen LogP contribution in [0.1, 0.15) is 11.1 Å². The number of thiocarbonyl (C=S) groups is 1. The van der Waals surface area contributed by atoms with Gasteiger partial charge in [-0.25, -0.2) is 0 Å². The minimum Gasteiger partial charge on any atom is -0.507 e. The van der Waals surface area contributed by atoms with E-state index in [1.54, 1.807) is 6.26 Å². The third-order valence-corrected chi connectivity index (χ3v) is 3.10. The van der Waals surface area contributed by atoms with Crippen LogP contribution in [-0.2, 0) is 6.18 Å². The van der Waals surface area contributed by atoms with Crippen molar-refractivity contribution < 1.29 is 18.3 Å². The van der Waals surface area contributed by atoms with Crippen LogP contribution in [0.4, 0.5) is 13.2 Å².